The lowest BCUT2D eigenvalue weighted by atomic mass is 9.85. The molecule has 9 aromatic carbocycles. The van der Waals surface area contributed by atoms with Crippen LogP contribution in [0, 0.1) is 0 Å². The minimum atomic E-state index is -3.36. The maximum absolute atomic E-state index is 16.3. The average molecular weight is 721 g/mol. The molecule has 0 N–H and O–H groups in total. The van der Waals surface area contributed by atoms with Gasteiger partial charge in [-0.3, -0.25) is 4.57 Å². The van der Waals surface area contributed by atoms with E-state index in [0.717, 1.165) is 65.9 Å². The Kier molecular flexibility index (Phi) is 7.14. The number of benzene rings is 9. The smallest absolute Gasteiger partial charge is 0.175 e. The highest BCUT2D eigenvalue weighted by Gasteiger charge is 2.40. The van der Waals surface area contributed by atoms with Crippen molar-refractivity contribution in [3.63, 3.8) is 0 Å². The fraction of sp³-hybridized carbons (Fsp3) is 0. The molecule has 0 amide bonds. The van der Waals surface area contributed by atoms with Crippen LogP contribution in [0.15, 0.2) is 200 Å². The molecule has 3 nitrogen and oxygen atoms in total. The maximum Gasteiger partial charge on any atom is 0.175 e. The second-order valence-corrected chi connectivity index (χ2v) is 16.9. The summed E-state index contributed by atoms with van der Waals surface area (Å²) in [6, 6.07) is 69.9. The Balaban J connectivity index is 1.21. The molecule has 10 aromatic rings. The zero-order valence-electron chi connectivity index (χ0n) is 29.8. The monoisotopic (exact) mass is 720 g/mol. The standard InChI is InChI=1S/C51H33N2OP/c54-55(39-22-8-3-9-23-39)46-29-15-28-44-50(46)53(51(52-44)35-18-6-2-7-19-35)45-31-30-38(33-47(45)55)49-42-26-12-10-24-40(42)48(41-25-11-13-27-43(41)49)37-21-14-20-36(32-37)34-16-4-1-5-17-34/h1-33H. The topological polar surface area (TPSA) is 34.9 Å². The van der Waals surface area contributed by atoms with Gasteiger partial charge in [-0.25, -0.2) is 4.98 Å². The maximum atomic E-state index is 16.3. The minimum Gasteiger partial charge on any atom is -0.308 e. The Morgan fingerprint density at radius 3 is 1.55 bits per heavy atom. The van der Waals surface area contributed by atoms with Gasteiger partial charge in [0.25, 0.3) is 0 Å². The van der Waals surface area contributed by atoms with Gasteiger partial charge in [0.2, 0.25) is 0 Å². The minimum absolute atomic E-state index is 0.818. The number of aromatic nitrogens is 2. The van der Waals surface area contributed by atoms with Crippen molar-refractivity contribution in [1.29, 1.82) is 0 Å². The molecule has 11 rings (SSSR count). The summed E-state index contributed by atoms with van der Waals surface area (Å²) in [5.74, 6) is 0.842. The van der Waals surface area contributed by atoms with Crippen LogP contribution in [0.1, 0.15) is 0 Å². The van der Waals surface area contributed by atoms with Gasteiger partial charge in [-0.15, -0.1) is 0 Å². The zero-order chi connectivity index (χ0) is 36.5. The Labute approximate surface area is 319 Å². The molecule has 1 aliphatic heterocycles. The molecule has 0 saturated carbocycles. The first-order valence-corrected chi connectivity index (χ1v) is 20.4. The fourth-order valence-corrected chi connectivity index (χ4v) is 11.8. The van der Waals surface area contributed by atoms with Gasteiger partial charge in [0.15, 0.2) is 7.14 Å². The molecule has 0 saturated heterocycles. The molecule has 0 aliphatic carbocycles. The van der Waals surface area contributed by atoms with Crippen molar-refractivity contribution in [1.82, 2.24) is 9.55 Å². The second kappa shape index (κ2) is 12.4. The van der Waals surface area contributed by atoms with Crippen LogP contribution in [0.2, 0.25) is 0 Å². The number of fused-ring (bicyclic) bond motifs is 4. The Bertz CT molecular complexity index is 3110. The van der Waals surface area contributed by atoms with Crippen LogP contribution < -0.4 is 15.9 Å². The summed E-state index contributed by atoms with van der Waals surface area (Å²) in [6.45, 7) is 0. The Morgan fingerprint density at radius 1 is 0.400 bits per heavy atom. The lowest BCUT2D eigenvalue weighted by Crippen LogP contribution is -2.33. The Morgan fingerprint density at radius 2 is 0.909 bits per heavy atom. The molecule has 0 spiro atoms. The number of nitrogens with zero attached hydrogens (tertiary/aromatic N) is 2. The van der Waals surface area contributed by atoms with E-state index in [2.05, 4.69) is 138 Å². The Hall–Kier alpha value is -6.80. The predicted octanol–water partition coefficient (Wildman–Crippen LogP) is 12.0. The molecule has 1 aliphatic rings. The highest BCUT2D eigenvalue weighted by molar-refractivity contribution is 7.86. The van der Waals surface area contributed by atoms with Crippen LogP contribution in [0.5, 0.6) is 0 Å². The van der Waals surface area contributed by atoms with Gasteiger partial charge in [-0.2, -0.15) is 0 Å². The van der Waals surface area contributed by atoms with Gasteiger partial charge in [-0.05, 0) is 85.3 Å². The number of rotatable bonds is 5. The third kappa shape index (κ3) is 4.77. The van der Waals surface area contributed by atoms with Crippen molar-refractivity contribution in [2.24, 2.45) is 0 Å². The third-order valence-corrected chi connectivity index (χ3v) is 14.3. The van der Waals surface area contributed by atoms with Crippen molar-refractivity contribution in [2.45, 2.75) is 0 Å². The van der Waals surface area contributed by atoms with Gasteiger partial charge in [-0.1, -0.05) is 170 Å². The molecule has 0 fully saturated rings. The molecule has 55 heavy (non-hydrogen) atoms. The molecular weight excluding hydrogens is 688 g/mol. The van der Waals surface area contributed by atoms with Crippen molar-refractivity contribution in [3.05, 3.63) is 200 Å². The van der Waals surface area contributed by atoms with E-state index in [-0.39, 0.29) is 0 Å². The summed E-state index contributed by atoms with van der Waals surface area (Å²) in [4.78, 5) is 5.18. The highest BCUT2D eigenvalue weighted by Crippen LogP contribution is 2.52. The van der Waals surface area contributed by atoms with Gasteiger partial charge < -0.3 is 4.57 Å². The summed E-state index contributed by atoms with van der Waals surface area (Å²) >= 11 is 0. The van der Waals surface area contributed by atoms with E-state index in [0.29, 0.717) is 0 Å². The molecule has 2 heterocycles. The fourth-order valence-electron chi connectivity index (χ4n) is 8.78. The first-order valence-electron chi connectivity index (χ1n) is 18.7. The molecular formula is C51H33N2OP. The normalized spacial score (nSPS) is 14.7. The van der Waals surface area contributed by atoms with Crippen LogP contribution in [-0.2, 0) is 4.57 Å². The quantitative estimate of drug-likeness (QED) is 0.131. The molecule has 0 radical (unpaired) electrons. The van der Waals surface area contributed by atoms with E-state index in [9.17, 15) is 0 Å². The van der Waals surface area contributed by atoms with E-state index in [1.54, 1.807) is 0 Å². The molecule has 1 atom stereocenters. The number of hydrogen-bond acceptors (Lipinski definition) is 2. The van der Waals surface area contributed by atoms with Crippen LogP contribution in [0.4, 0.5) is 0 Å². The number of hydrogen-bond donors (Lipinski definition) is 0. The molecule has 4 heteroatoms. The van der Waals surface area contributed by atoms with Gasteiger partial charge >= 0.3 is 0 Å². The lowest BCUT2D eigenvalue weighted by Gasteiger charge is -2.30. The van der Waals surface area contributed by atoms with Crippen LogP contribution in [0.25, 0.3) is 83.0 Å². The SMILES string of the molecule is O=P1(c2ccccc2)c2cc(-c3c4ccccc4c(-c4cccc(-c5ccccc5)c4)c4ccccc34)ccc2-n2c(-c3ccccc3)nc3cccc1c32. The van der Waals surface area contributed by atoms with Crippen molar-refractivity contribution >= 4 is 55.6 Å². The van der Waals surface area contributed by atoms with Crippen LogP contribution in [0.3, 0.4) is 0 Å². The number of para-hydroxylation sites is 1. The molecule has 1 unspecified atom stereocenters. The van der Waals surface area contributed by atoms with E-state index in [4.69, 9.17) is 4.98 Å². The summed E-state index contributed by atoms with van der Waals surface area (Å²) in [7, 11) is -3.36. The van der Waals surface area contributed by atoms with Crippen molar-refractivity contribution in [2.75, 3.05) is 0 Å². The van der Waals surface area contributed by atoms with Crippen molar-refractivity contribution < 1.29 is 4.57 Å². The third-order valence-electron chi connectivity index (χ3n) is 11.2. The summed E-state index contributed by atoms with van der Waals surface area (Å²) in [5, 5.41) is 7.12. The first-order chi connectivity index (χ1) is 27.2. The van der Waals surface area contributed by atoms with E-state index in [1.165, 1.54) is 33.0 Å². The van der Waals surface area contributed by atoms with E-state index < -0.39 is 7.14 Å². The van der Waals surface area contributed by atoms with Crippen LogP contribution >= 0.6 is 7.14 Å². The molecule has 1 aromatic heterocycles. The van der Waals surface area contributed by atoms with Crippen molar-refractivity contribution in [3.8, 4) is 50.5 Å². The van der Waals surface area contributed by atoms with Gasteiger partial charge in [0.1, 0.15) is 5.82 Å². The van der Waals surface area contributed by atoms with Crippen LogP contribution in [-0.4, -0.2) is 9.55 Å². The van der Waals surface area contributed by atoms with Gasteiger partial charge in [0, 0.05) is 21.5 Å². The average Bonchev–Trinajstić information content (AvgIpc) is 3.66. The molecule has 258 valence electrons. The zero-order valence-corrected chi connectivity index (χ0v) is 30.7. The first kappa shape index (κ1) is 31.7. The highest BCUT2D eigenvalue weighted by atomic mass is 31.2. The summed E-state index contributed by atoms with van der Waals surface area (Å²) in [6.07, 6.45) is 0. The predicted molar refractivity (Wildman–Crippen MR) is 231 cm³/mol. The summed E-state index contributed by atoms with van der Waals surface area (Å²) < 4.78 is 18.5. The lowest BCUT2D eigenvalue weighted by molar-refractivity contribution is 0.592. The van der Waals surface area contributed by atoms with E-state index >= 15 is 4.57 Å². The molecule has 0 bridgehead atoms. The second-order valence-electron chi connectivity index (χ2n) is 14.2. The van der Waals surface area contributed by atoms with Gasteiger partial charge in [0.05, 0.1) is 16.7 Å². The van der Waals surface area contributed by atoms with E-state index in [1.807, 2.05) is 66.7 Å². The largest absolute Gasteiger partial charge is 0.308 e. The number of imidazole rings is 1. The summed E-state index contributed by atoms with van der Waals surface area (Å²) in [5.41, 5.74) is 10.6.